The maximum Gasteiger partial charge on any atom is 0.226 e. The minimum atomic E-state index is 0.0679. The van der Waals surface area contributed by atoms with Crippen LogP contribution in [0.3, 0.4) is 0 Å². The molecule has 5 nitrogen and oxygen atoms in total. The Balaban J connectivity index is 1.32. The lowest BCUT2D eigenvalue weighted by Crippen LogP contribution is -2.23. The average molecular weight is 469 g/mol. The molecule has 0 bridgehead atoms. The molecule has 0 atom stereocenters. The maximum absolute atomic E-state index is 11.9. The third-order valence-electron chi connectivity index (χ3n) is 5.72. The first kappa shape index (κ1) is 24.3. The van der Waals surface area contributed by atoms with E-state index in [0.29, 0.717) is 37.8 Å². The number of amides is 1. The van der Waals surface area contributed by atoms with Gasteiger partial charge in [-0.1, -0.05) is 68.4 Å². The van der Waals surface area contributed by atoms with Gasteiger partial charge in [0.2, 0.25) is 11.8 Å². The molecule has 0 aliphatic carbocycles. The van der Waals surface area contributed by atoms with E-state index in [2.05, 4.69) is 29.6 Å². The molecule has 4 rings (SSSR count). The smallest absolute Gasteiger partial charge is 0.226 e. The Kier molecular flexibility index (Phi) is 7.99. The topological polar surface area (TPSA) is 64.4 Å². The molecule has 5 heteroatoms. The van der Waals surface area contributed by atoms with E-state index in [9.17, 15) is 4.79 Å². The normalized spacial score (nSPS) is 11.0. The summed E-state index contributed by atoms with van der Waals surface area (Å²) in [6.07, 6.45) is 1.18. The number of aryl methyl sites for hydroxylation is 1. The van der Waals surface area contributed by atoms with Crippen molar-refractivity contribution in [2.75, 3.05) is 6.61 Å². The fourth-order valence-electron chi connectivity index (χ4n) is 3.87. The van der Waals surface area contributed by atoms with Gasteiger partial charge in [0.1, 0.15) is 11.5 Å². The van der Waals surface area contributed by atoms with Gasteiger partial charge in [-0.3, -0.25) is 4.79 Å². The summed E-state index contributed by atoms with van der Waals surface area (Å²) >= 11 is 0. The van der Waals surface area contributed by atoms with E-state index < -0.39 is 0 Å². The standard InChI is InChI=1S/C30H32N2O3/c1-21(2)18-29(33)31-20-23-8-7-11-27(19-23)34-17-16-28-22(3)35-30(32-28)26-14-12-25(13-15-26)24-9-5-4-6-10-24/h4-15,19,21H,16-18,20H2,1-3H3,(H,31,33). The first-order valence-corrected chi connectivity index (χ1v) is 12.1. The van der Waals surface area contributed by atoms with Crippen LogP contribution in [0.25, 0.3) is 22.6 Å². The summed E-state index contributed by atoms with van der Waals surface area (Å²) in [6.45, 7) is 7.00. The van der Waals surface area contributed by atoms with Crippen molar-refractivity contribution in [2.45, 2.75) is 40.2 Å². The molecule has 4 aromatic rings. The molecule has 0 radical (unpaired) electrons. The lowest BCUT2D eigenvalue weighted by atomic mass is 10.0. The molecule has 0 aliphatic rings. The van der Waals surface area contributed by atoms with Gasteiger partial charge in [-0.2, -0.15) is 0 Å². The molecule has 35 heavy (non-hydrogen) atoms. The zero-order valence-electron chi connectivity index (χ0n) is 20.6. The van der Waals surface area contributed by atoms with Crippen molar-refractivity contribution in [3.63, 3.8) is 0 Å². The molecular weight excluding hydrogens is 436 g/mol. The van der Waals surface area contributed by atoms with Gasteiger partial charge >= 0.3 is 0 Å². The molecule has 1 amide bonds. The molecule has 0 saturated carbocycles. The van der Waals surface area contributed by atoms with Crippen LogP contribution in [-0.2, 0) is 17.8 Å². The summed E-state index contributed by atoms with van der Waals surface area (Å²) in [5.74, 6) is 2.62. The van der Waals surface area contributed by atoms with Crippen LogP contribution in [0.5, 0.6) is 5.75 Å². The summed E-state index contributed by atoms with van der Waals surface area (Å²) in [6, 6.07) is 26.4. The van der Waals surface area contributed by atoms with Crippen molar-refractivity contribution in [1.29, 1.82) is 0 Å². The average Bonchev–Trinajstić information content (AvgIpc) is 3.23. The van der Waals surface area contributed by atoms with Crippen molar-refractivity contribution in [3.8, 4) is 28.3 Å². The Morgan fingerprint density at radius 3 is 2.40 bits per heavy atom. The zero-order chi connectivity index (χ0) is 24.6. The number of nitrogens with zero attached hydrogens (tertiary/aromatic N) is 1. The molecule has 0 aliphatic heterocycles. The first-order valence-electron chi connectivity index (χ1n) is 12.1. The molecular formula is C30H32N2O3. The summed E-state index contributed by atoms with van der Waals surface area (Å²) in [5, 5.41) is 2.96. The van der Waals surface area contributed by atoms with E-state index >= 15 is 0 Å². The second-order valence-electron chi connectivity index (χ2n) is 9.09. The highest BCUT2D eigenvalue weighted by Gasteiger charge is 2.12. The largest absolute Gasteiger partial charge is 0.493 e. The van der Waals surface area contributed by atoms with E-state index in [1.807, 2.05) is 75.4 Å². The van der Waals surface area contributed by atoms with Gasteiger partial charge in [-0.05, 0) is 53.8 Å². The highest BCUT2D eigenvalue weighted by molar-refractivity contribution is 5.76. The van der Waals surface area contributed by atoms with Crippen molar-refractivity contribution in [1.82, 2.24) is 10.3 Å². The van der Waals surface area contributed by atoms with Crippen molar-refractivity contribution >= 4 is 5.91 Å². The first-order chi connectivity index (χ1) is 17.0. The SMILES string of the molecule is Cc1oc(-c2ccc(-c3ccccc3)cc2)nc1CCOc1cccc(CNC(=O)CC(C)C)c1. The lowest BCUT2D eigenvalue weighted by molar-refractivity contribution is -0.121. The fourth-order valence-corrected chi connectivity index (χ4v) is 3.87. The highest BCUT2D eigenvalue weighted by atomic mass is 16.5. The Hall–Kier alpha value is -3.86. The Morgan fingerprint density at radius 1 is 0.943 bits per heavy atom. The number of rotatable bonds is 10. The number of nitrogens with one attached hydrogen (secondary N) is 1. The third-order valence-corrected chi connectivity index (χ3v) is 5.72. The van der Waals surface area contributed by atoms with Crippen LogP contribution in [0, 0.1) is 12.8 Å². The summed E-state index contributed by atoms with van der Waals surface area (Å²) in [7, 11) is 0. The van der Waals surface area contributed by atoms with Crippen LogP contribution in [-0.4, -0.2) is 17.5 Å². The van der Waals surface area contributed by atoms with Crippen molar-refractivity contribution in [2.24, 2.45) is 5.92 Å². The molecule has 1 aromatic heterocycles. The summed E-state index contributed by atoms with van der Waals surface area (Å²) in [4.78, 5) is 16.6. The van der Waals surface area contributed by atoms with Crippen LogP contribution < -0.4 is 10.1 Å². The molecule has 0 fully saturated rings. The Morgan fingerprint density at radius 2 is 1.66 bits per heavy atom. The van der Waals surface area contributed by atoms with Gasteiger partial charge in [0, 0.05) is 24.9 Å². The molecule has 180 valence electrons. The van der Waals surface area contributed by atoms with E-state index in [4.69, 9.17) is 14.1 Å². The second kappa shape index (κ2) is 11.5. The lowest BCUT2D eigenvalue weighted by Gasteiger charge is -2.09. The van der Waals surface area contributed by atoms with Gasteiger partial charge in [0.25, 0.3) is 0 Å². The number of benzene rings is 3. The number of ether oxygens (including phenoxy) is 1. The zero-order valence-corrected chi connectivity index (χ0v) is 20.6. The fraction of sp³-hybridized carbons (Fsp3) is 0.267. The van der Waals surface area contributed by atoms with Crippen LogP contribution >= 0.6 is 0 Å². The van der Waals surface area contributed by atoms with Crippen LogP contribution in [0.1, 0.15) is 37.3 Å². The summed E-state index contributed by atoms with van der Waals surface area (Å²) < 4.78 is 11.9. The van der Waals surface area contributed by atoms with Crippen molar-refractivity contribution < 1.29 is 13.9 Å². The van der Waals surface area contributed by atoms with Crippen molar-refractivity contribution in [3.05, 3.63) is 95.9 Å². The van der Waals surface area contributed by atoms with E-state index in [-0.39, 0.29) is 5.91 Å². The van der Waals surface area contributed by atoms with Gasteiger partial charge < -0.3 is 14.5 Å². The molecule has 1 heterocycles. The number of aromatic nitrogens is 1. The second-order valence-corrected chi connectivity index (χ2v) is 9.09. The predicted molar refractivity (Wildman–Crippen MR) is 139 cm³/mol. The van der Waals surface area contributed by atoms with Crippen LogP contribution in [0.4, 0.5) is 0 Å². The monoisotopic (exact) mass is 468 g/mol. The van der Waals surface area contributed by atoms with Crippen LogP contribution in [0.15, 0.2) is 83.3 Å². The minimum absolute atomic E-state index is 0.0679. The van der Waals surface area contributed by atoms with E-state index in [1.54, 1.807) is 0 Å². The number of oxazole rings is 1. The number of hydrogen-bond donors (Lipinski definition) is 1. The van der Waals surface area contributed by atoms with Gasteiger partial charge in [0.15, 0.2) is 0 Å². The molecule has 3 aromatic carbocycles. The maximum atomic E-state index is 11.9. The van der Waals surface area contributed by atoms with Gasteiger partial charge in [-0.25, -0.2) is 4.98 Å². The Bertz CT molecular complexity index is 1240. The number of hydrogen-bond acceptors (Lipinski definition) is 4. The number of carbonyl (C=O) groups is 1. The molecule has 0 unspecified atom stereocenters. The van der Waals surface area contributed by atoms with Gasteiger partial charge in [0.05, 0.1) is 12.3 Å². The minimum Gasteiger partial charge on any atom is -0.493 e. The number of carbonyl (C=O) groups excluding carboxylic acids is 1. The predicted octanol–water partition coefficient (Wildman–Crippen LogP) is 6.60. The van der Waals surface area contributed by atoms with Gasteiger partial charge in [-0.15, -0.1) is 0 Å². The Labute approximate surface area is 207 Å². The highest BCUT2D eigenvalue weighted by Crippen LogP contribution is 2.26. The quantitative estimate of drug-likeness (QED) is 0.285. The van der Waals surface area contributed by atoms with E-state index in [1.165, 1.54) is 5.56 Å². The molecule has 0 saturated heterocycles. The van der Waals surface area contributed by atoms with Crippen LogP contribution in [0.2, 0.25) is 0 Å². The molecule has 1 N–H and O–H groups in total. The van der Waals surface area contributed by atoms with E-state index in [0.717, 1.165) is 33.9 Å². The summed E-state index contributed by atoms with van der Waals surface area (Å²) in [5.41, 5.74) is 5.20. The third kappa shape index (κ3) is 6.82. The molecule has 0 spiro atoms.